The maximum Gasteiger partial charge on any atom is 0.216 e. The van der Waals surface area contributed by atoms with Crippen molar-refractivity contribution >= 4 is 10.0 Å². The second kappa shape index (κ2) is 10.9. The van der Waals surface area contributed by atoms with Crippen LogP contribution in [-0.2, 0) is 25.9 Å². The first kappa shape index (κ1) is 21.2. The summed E-state index contributed by atoms with van der Waals surface area (Å²) < 4.78 is 49.9. The highest BCUT2D eigenvalue weighted by molar-refractivity contribution is 7.89. The van der Waals surface area contributed by atoms with Crippen molar-refractivity contribution in [2.24, 2.45) is 0 Å². The van der Waals surface area contributed by atoms with E-state index in [2.05, 4.69) is 4.90 Å². The fraction of sp³-hybridized carbons (Fsp3) is 0.667. The van der Waals surface area contributed by atoms with Gasteiger partial charge in [0.25, 0.3) is 0 Å². The lowest BCUT2D eigenvalue weighted by molar-refractivity contribution is 0.0779. The molecule has 1 aromatic carbocycles. The second-order valence-corrected chi connectivity index (χ2v) is 8.45. The molecule has 0 spiro atoms. The summed E-state index contributed by atoms with van der Waals surface area (Å²) in [6, 6.07) is 6.84. The molecule has 1 fully saturated rings. The minimum Gasteiger partial charge on any atom is -0.382 e. The SMILES string of the molecule is COCCOCCS(=O)(=O)N1CCN(CCCc2ccccc2F)CC1. The van der Waals surface area contributed by atoms with Crippen LogP contribution in [-0.4, -0.2) is 83.0 Å². The molecular weight excluding hydrogens is 359 g/mol. The third-order valence-electron chi connectivity index (χ3n) is 4.52. The molecule has 1 aliphatic heterocycles. The van der Waals surface area contributed by atoms with Gasteiger partial charge in [-0.05, 0) is 31.0 Å². The Hall–Kier alpha value is -1.06. The minimum absolute atomic E-state index is 0.00397. The monoisotopic (exact) mass is 388 g/mol. The smallest absolute Gasteiger partial charge is 0.216 e. The molecule has 0 amide bonds. The van der Waals surface area contributed by atoms with Gasteiger partial charge < -0.3 is 14.4 Å². The largest absolute Gasteiger partial charge is 0.382 e. The molecule has 1 aliphatic rings. The third kappa shape index (κ3) is 6.92. The van der Waals surface area contributed by atoms with Gasteiger partial charge in [-0.1, -0.05) is 18.2 Å². The molecule has 0 aromatic heterocycles. The predicted octanol–water partition coefficient (Wildman–Crippen LogP) is 1.37. The van der Waals surface area contributed by atoms with Gasteiger partial charge in [0.2, 0.25) is 10.0 Å². The Morgan fingerprint density at radius 2 is 1.81 bits per heavy atom. The maximum absolute atomic E-state index is 13.6. The summed E-state index contributed by atoms with van der Waals surface area (Å²) in [6.07, 6.45) is 1.56. The van der Waals surface area contributed by atoms with Gasteiger partial charge in [-0.3, -0.25) is 0 Å². The molecule has 6 nitrogen and oxygen atoms in total. The second-order valence-electron chi connectivity index (χ2n) is 6.36. The Morgan fingerprint density at radius 3 is 2.50 bits per heavy atom. The van der Waals surface area contributed by atoms with Crippen molar-refractivity contribution in [3.8, 4) is 0 Å². The van der Waals surface area contributed by atoms with Gasteiger partial charge in [-0.15, -0.1) is 0 Å². The highest BCUT2D eigenvalue weighted by Crippen LogP contribution is 2.12. The first-order valence-corrected chi connectivity index (χ1v) is 10.6. The molecule has 1 heterocycles. The van der Waals surface area contributed by atoms with Crippen LogP contribution in [0.15, 0.2) is 24.3 Å². The topological polar surface area (TPSA) is 59.1 Å². The molecule has 8 heteroatoms. The van der Waals surface area contributed by atoms with Crippen LogP contribution in [0.3, 0.4) is 0 Å². The number of piperazine rings is 1. The molecule has 26 heavy (non-hydrogen) atoms. The van der Waals surface area contributed by atoms with Crippen molar-refractivity contribution in [3.05, 3.63) is 35.6 Å². The van der Waals surface area contributed by atoms with E-state index in [-0.39, 0.29) is 18.2 Å². The Labute approximate surface area is 155 Å². The Balaban J connectivity index is 1.65. The van der Waals surface area contributed by atoms with E-state index in [0.717, 1.165) is 18.5 Å². The van der Waals surface area contributed by atoms with Crippen LogP contribution < -0.4 is 0 Å². The fourth-order valence-corrected chi connectivity index (χ4v) is 4.27. The van der Waals surface area contributed by atoms with Crippen LogP contribution in [0, 0.1) is 5.82 Å². The van der Waals surface area contributed by atoms with Crippen LogP contribution in [0.1, 0.15) is 12.0 Å². The zero-order valence-corrected chi connectivity index (χ0v) is 16.2. The standard InChI is InChI=1S/C18H29FN2O4S/c1-24-13-14-25-15-16-26(22,23)21-11-9-20(10-12-21)8-4-6-17-5-2-3-7-18(17)19/h2-3,5,7H,4,6,8-16H2,1H3. The first-order chi connectivity index (χ1) is 12.5. The first-order valence-electron chi connectivity index (χ1n) is 9.03. The normalized spacial score (nSPS) is 16.8. The van der Waals surface area contributed by atoms with Crippen molar-refractivity contribution in [2.75, 3.05) is 65.4 Å². The number of rotatable bonds is 11. The molecule has 0 atom stereocenters. The molecule has 0 bridgehead atoms. The Bertz CT molecular complexity index is 634. The summed E-state index contributed by atoms with van der Waals surface area (Å²) in [7, 11) is -1.69. The van der Waals surface area contributed by atoms with Crippen molar-refractivity contribution in [3.63, 3.8) is 0 Å². The number of aryl methyl sites for hydroxylation is 1. The highest BCUT2D eigenvalue weighted by Gasteiger charge is 2.26. The summed E-state index contributed by atoms with van der Waals surface area (Å²) in [5.41, 5.74) is 0.738. The van der Waals surface area contributed by atoms with Gasteiger partial charge >= 0.3 is 0 Å². The number of hydrogen-bond acceptors (Lipinski definition) is 5. The van der Waals surface area contributed by atoms with E-state index in [1.54, 1.807) is 17.5 Å². The quantitative estimate of drug-likeness (QED) is 0.536. The number of halogens is 1. The lowest BCUT2D eigenvalue weighted by Gasteiger charge is -2.34. The van der Waals surface area contributed by atoms with Gasteiger partial charge in [0.15, 0.2) is 0 Å². The van der Waals surface area contributed by atoms with Crippen molar-refractivity contribution in [2.45, 2.75) is 12.8 Å². The average Bonchev–Trinajstić information content (AvgIpc) is 2.63. The minimum atomic E-state index is -3.27. The van der Waals surface area contributed by atoms with E-state index < -0.39 is 10.0 Å². The Morgan fingerprint density at radius 1 is 1.08 bits per heavy atom. The fourth-order valence-electron chi connectivity index (χ4n) is 2.96. The molecule has 1 aromatic rings. The van der Waals surface area contributed by atoms with Crippen LogP contribution in [0.5, 0.6) is 0 Å². The van der Waals surface area contributed by atoms with E-state index in [9.17, 15) is 12.8 Å². The van der Waals surface area contributed by atoms with Crippen molar-refractivity contribution < 1.29 is 22.3 Å². The molecule has 1 saturated heterocycles. The van der Waals surface area contributed by atoms with Crippen LogP contribution in [0.2, 0.25) is 0 Å². The van der Waals surface area contributed by atoms with Gasteiger partial charge in [0.05, 0.1) is 25.6 Å². The zero-order valence-electron chi connectivity index (χ0n) is 15.4. The number of nitrogens with zero attached hydrogens (tertiary/aromatic N) is 2. The predicted molar refractivity (Wildman–Crippen MR) is 99.2 cm³/mol. The van der Waals surface area contributed by atoms with E-state index in [1.165, 1.54) is 6.07 Å². The number of sulfonamides is 1. The van der Waals surface area contributed by atoms with Crippen molar-refractivity contribution in [1.82, 2.24) is 9.21 Å². The average molecular weight is 389 g/mol. The van der Waals surface area contributed by atoms with E-state index in [0.29, 0.717) is 45.8 Å². The highest BCUT2D eigenvalue weighted by atomic mass is 32.2. The van der Waals surface area contributed by atoms with Crippen LogP contribution >= 0.6 is 0 Å². The summed E-state index contributed by atoms with van der Waals surface area (Å²) >= 11 is 0. The number of methoxy groups -OCH3 is 1. The van der Waals surface area contributed by atoms with Crippen LogP contribution in [0.25, 0.3) is 0 Å². The Kier molecular flexibility index (Phi) is 8.94. The molecule has 0 N–H and O–H groups in total. The molecule has 0 saturated carbocycles. The molecule has 0 unspecified atom stereocenters. The number of benzene rings is 1. The summed E-state index contributed by atoms with van der Waals surface area (Å²) in [4.78, 5) is 2.24. The zero-order chi connectivity index (χ0) is 18.8. The lowest BCUT2D eigenvalue weighted by atomic mass is 10.1. The van der Waals surface area contributed by atoms with Crippen LogP contribution in [0.4, 0.5) is 4.39 Å². The summed E-state index contributed by atoms with van der Waals surface area (Å²) in [6.45, 7) is 4.33. The van der Waals surface area contributed by atoms with Gasteiger partial charge in [-0.25, -0.2) is 12.8 Å². The third-order valence-corrected chi connectivity index (χ3v) is 6.35. The molecule has 148 valence electrons. The summed E-state index contributed by atoms with van der Waals surface area (Å²) in [5.74, 6) is -0.152. The summed E-state index contributed by atoms with van der Waals surface area (Å²) in [5, 5.41) is 0. The molecule has 0 radical (unpaired) electrons. The van der Waals surface area contributed by atoms with Gasteiger partial charge in [0.1, 0.15) is 5.82 Å². The molecule has 0 aliphatic carbocycles. The maximum atomic E-state index is 13.6. The van der Waals surface area contributed by atoms with Gasteiger partial charge in [0, 0.05) is 33.3 Å². The van der Waals surface area contributed by atoms with E-state index in [1.807, 2.05) is 12.1 Å². The molecule has 2 rings (SSSR count). The lowest BCUT2D eigenvalue weighted by Crippen LogP contribution is -2.49. The number of ether oxygens (including phenoxy) is 2. The van der Waals surface area contributed by atoms with E-state index in [4.69, 9.17) is 9.47 Å². The van der Waals surface area contributed by atoms with Gasteiger partial charge in [-0.2, -0.15) is 4.31 Å². The van der Waals surface area contributed by atoms with Crippen molar-refractivity contribution in [1.29, 1.82) is 0 Å². The van der Waals surface area contributed by atoms with E-state index >= 15 is 0 Å². The molecular formula is C18H29FN2O4S. The number of hydrogen-bond donors (Lipinski definition) is 0.